The molecule has 0 amide bonds. The maximum atomic E-state index is 4.68. The van der Waals surface area contributed by atoms with Crippen molar-refractivity contribution in [1.29, 1.82) is 0 Å². The molecule has 0 saturated heterocycles. The number of nitrogens with zero attached hydrogens (tertiary/aromatic N) is 8. The summed E-state index contributed by atoms with van der Waals surface area (Å²) >= 11 is 1.39. The molecule has 1 atom stereocenters. The van der Waals surface area contributed by atoms with Crippen LogP contribution in [0.15, 0.2) is 128 Å². The van der Waals surface area contributed by atoms with Crippen LogP contribution in [0.4, 0.5) is 39.3 Å². The second-order valence-corrected chi connectivity index (χ2v) is 11.2. The van der Waals surface area contributed by atoms with Gasteiger partial charge >= 0.3 is 0 Å². The first-order chi connectivity index (χ1) is 21.1. The fraction of sp³-hybridized carbons (Fsp3) is 0.152. The highest BCUT2D eigenvalue weighted by Gasteiger charge is 2.09. The van der Waals surface area contributed by atoms with Gasteiger partial charge in [-0.2, -0.15) is 5.11 Å². The second kappa shape index (κ2) is 12.7. The minimum absolute atomic E-state index is 0.380. The monoisotopic (exact) mass is 583 g/mol. The number of aryl methyl sites for hydroxylation is 1. The molecule has 0 fully saturated rings. The number of anilines is 1. The van der Waals surface area contributed by atoms with Crippen LogP contribution in [-0.2, 0) is 0 Å². The van der Waals surface area contributed by atoms with Gasteiger partial charge in [0.25, 0.3) is 5.13 Å². The Hall–Kier alpha value is -5.22. The highest BCUT2D eigenvalue weighted by atomic mass is 32.1. The summed E-state index contributed by atoms with van der Waals surface area (Å²) in [6.45, 7) is 6.24. The molecule has 1 heterocycles. The zero-order valence-corrected chi connectivity index (χ0v) is 24.8. The number of rotatable bonds is 9. The molecule has 43 heavy (non-hydrogen) atoms. The van der Waals surface area contributed by atoms with E-state index in [-0.39, 0.29) is 0 Å². The number of azo groups is 3. The van der Waals surface area contributed by atoms with E-state index in [1.165, 1.54) is 11.3 Å². The summed E-state index contributed by atoms with van der Waals surface area (Å²) in [5.74, 6) is 0. The highest BCUT2D eigenvalue weighted by molar-refractivity contribution is 7.14. The van der Waals surface area contributed by atoms with Gasteiger partial charge in [-0.1, -0.05) is 66.8 Å². The van der Waals surface area contributed by atoms with Gasteiger partial charge in [-0.05, 0) is 68.8 Å². The molecule has 5 aromatic carbocycles. The largest absolute Gasteiger partial charge is 0.382 e. The van der Waals surface area contributed by atoms with Gasteiger partial charge in [-0.15, -0.1) is 35.8 Å². The zero-order chi connectivity index (χ0) is 29.6. The maximum Gasteiger partial charge on any atom is 0.251 e. The van der Waals surface area contributed by atoms with Gasteiger partial charge in [0.05, 0.1) is 28.4 Å². The minimum atomic E-state index is 0.380. The van der Waals surface area contributed by atoms with E-state index >= 15 is 0 Å². The van der Waals surface area contributed by atoms with Crippen molar-refractivity contribution in [2.75, 3.05) is 5.32 Å². The molecule has 6 rings (SSSR count). The molecule has 0 saturated carbocycles. The summed E-state index contributed by atoms with van der Waals surface area (Å²) < 4.78 is 0. The van der Waals surface area contributed by atoms with Crippen molar-refractivity contribution in [2.45, 2.75) is 33.2 Å². The lowest BCUT2D eigenvalue weighted by atomic mass is 10.1. The van der Waals surface area contributed by atoms with E-state index < -0.39 is 0 Å². The van der Waals surface area contributed by atoms with Crippen molar-refractivity contribution in [1.82, 2.24) is 10.2 Å². The normalized spacial score (nSPS) is 12.7. The van der Waals surface area contributed by atoms with Crippen molar-refractivity contribution >= 4 is 72.1 Å². The zero-order valence-electron chi connectivity index (χ0n) is 24.0. The Balaban J connectivity index is 1.24. The predicted octanol–water partition coefficient (Wildman–Crippen LogP) is 11.6. The first-order valence-corrected chi connectivity index (χ1v) is 14.8. The van der Waals surface area contributed by atoms with Crippen LogP contribution in [0.1, 0.15) is 25.3 Å². The lowest BCUT2D eigenvalue weighted by molar-refractivity contribution is 0.765. The van der Waals surface area contributed by atoms with Gasteiger partial charge in [0.1, 0.15) is 5.01 Å². The molecule has 1 unspecified atom stereocenters. The molecule has 0 radical (unpaired) electrons. The van der Waals surface area contributed by atoms with Crippen LogP contribution >= 0.6 is 11.3 Å². The van der Waals surface area contributed by atoms with Gasteiger partial charge in [0, 0.05) is 33.3 Å². The van der Waals surface area contributed by atoms with Gasteiger partial charge in [0.15, 0.2) is 0 Å². The van der Waals surface area contributed by atoms with Gasteiger partial charge in [-0.3, -0.25) is 0 Å². The summed E-state index contributed by atoms with van der Waals surface area (Å²) in [6.07, 6.45) is 1.05. The second-order valence-electron chi connectivity index (χ2n) is 10.0. The van der Waals surface area contributed by atoms with Crippen LogP contribution in [0.2, 0.25) is 0 Å². The van der Waals surface area contributed by atoms with Crippen LogP contribution in [0, 0.1) is 6.92 Å². The Kier molecular flexibility index (Phi) is 8.28. The summed E-state index contributed by atoms with van der Waals surface area (Å²) in [7, 11) is 0. The van der Waals surface area contributed by atoms with E-state index in [4.69, 9.17) is 0 Å². The van der Waals surface area contributed by atoms with E-state index in [1.54, 1.807) is 0 Å². The van der Waals surface area contributed by atoms with Gasteiger partial charge in [0.2, 0.25) is 0 Å². The van der Waals surface area contributed by atoms with Crippen molar-refractivity contribution in [3.63, 3.8) is 0 Å². The smallest absolute Gasteiger partial charge is 0.251 e. The molecule has 1 N–H and O–H groups in total. The van der Waals surface area contributed by atoms with Crippen LogP contribution < -0.4 is 5.32 Å². The molecule has 212 valence electrons. The van der Waals surface area contributed by atoms with Crippen LogP contribution in [0.25, 0.3) is 21.5 Å². The van der Waals surface area contributed by atoms with Crippen LogP contribution in [-0.4, -0.2) is 16.2 Å². The summed E-state index contributed by atoms with van der Waals surface area (Å²) in [4.78, 5) is 0. The lowest BCUT2D eigenvalue weighted by Gasteiger charge is -2.15. The van der Waals surface area contributed by atoms with E-state index in [9.17, 15) is 0 Å². The Labute approximate surface area is 253 Å². The fourth-order valence-electron chi connectivity index (χ4n) is 4.54. The molecular formula is C33H29N9S. The van der Waals surface area contributed by atoms with Gasteiger partial charge in [-0.25, -0.2) is 0 Å². The molecule has 0 aliphatic rings. The third kappa shape index (κ3) is 6.49. The standard InChI is InChI=1S/C33H29N9S/c1-4-21(2)34-29-17-18-31(26-10-6-5-9-25(26)29)39-40-32-20-19-30(27-11-7-8-12-28(27)32)38-36-23-13-15-24(16-14-23)37-42-33-41-35-22(3)43-33/h5-21,34H,4H2,1-3H3/b38-36+,40-39+,42-37+. The Morgan fingerprint density at radius 3 is 1.63 bits per heavy atom. The molecule has 0 bridgehead atoms. The Morgan fingerprint density at radius 2 is 1.09 bits per heavy atom. The third-order valence-electron chi connectivity index (χ3n) is 6.95. The van der Waals surface area contributed by atoms with E-state index in [0.717, 1.165) is 55.7 Å². The quantitative estimate of drug-likeness (QED) is 0.171. The summed E-state index contributed by atoms with van der Waals surface area (Å²) in [6, 6.07) is 32.0. The Bertz CT molecular complexity index is 1980. The van der Waals surface area contributed by atoms with E-state index in [2.05, 4.69) is 78.2 Å². The fourth-order valence-corrected chi connectivity index (χ4v) is 5.05. The Morgan fingerprint density at radius 1 is 0.605 bits per heavy atom. The minimum Gasteiger partial charge on any atom is -0.382 e. The van der Waals surface area contributed by atoms with Crippen LogP contribution in [0.3, 0.4) is 0 Å². The molecule has 0 aliphatic carbocycles. The van der Waals surface area contributed by atoms with E-state index in [0.29, 0.717) is 22.5 Å². The first-order valence-electron chi connectivity index (χ1n) is 14.0. The number of hydrogen-bond acceptors (Lipinski definition) is 10. The highest BCUT2D eigenvalue weighted by Crippen LogP contribution is 2.37. The van der Waals surface area contributed by atoms with Crippen molar-refractivity contribution in [3.05, 3.63) is 102 Å². The molecular weight excluding hydrogens is 554 g/mol. The maximum absolute atomic E-state index is 4.68. The predicted molar refractivity (Wildman–Crippen MR) is 175 cm³/mol. The van der Waals surface area contributed by atoms with Crippen molar-refractivity contribution in [2.24, 2.45) is 30.7 Å². The number of hydrogen-bond donors (Lipinski definition) is 1. The average Bonchev–Trinajstić information content (AvgIpc) is 3.47. The number of aromatic nitrogens is 2. The van der Waals surface area contributed by atoms with Crippen LogP contribution in [0.5, 0.6) is 0 Å². The number of benzene rings is 5. The van der Waals surface area contributed by atoms with Crippen molar-refractivity contribution < 1.29 is 0 Å². The number of fused-ring (bicyclic) bond motifs is 2. The first kappa shape index (κ1) is 27.9. The SMILES string of the molecule is CCC(C)Nc1ccc(/N=N/c2ccc(/N=N/c3ccc(/N=N/c4nnc(C)s4)cc3)c3ccccc23)c2ccccc12. The third-order valence-corrected chi connectivity index (χ3v) is 7.67. The average molecular weight is 584 g/mol. The number of nitrogens with one attached hydrogen (secondary N) is 1. The molecule has 10 heteroatoms. The van der Waals surface area contributed by atoms with Gasteiger partial charge < -0.3 is 5.32 Å². The molecule has 9 nitrogen and oxygen atoms in total. The molecule has 0 aliphatic heterocycles. The van der Waals surface area contributed by atoms with Crippen molar-refractivity contribution in [3.8, 4) is 0 Å². The summed E-state index contributed by atoms with van der Waals surface area (Å²) in [5.41, 5.74) is 4.83. The lowest BCUT2D eigenvalue weighted by Crippen LogP contribution is -2.13. The molecule has 6 aromatic rings. The molecule has 1 aromatic heterocycles. The molecule has 0 spiro atoms. The van der Waals surface area contributed by atoms with E-state index in [1.807, 2.05) is 85.8 Å². The summed E-state index contributed by atoms with van der Waals surface area (Å²) in [5, 5.41) is 43.6. The topological polar surface area (TPSA) is 112 Å².